The van der Waals surface area contributed by atoms with Crippen LogP contribution in [0.2, 0.25) is 0 Å². The number of aryl methyl sites for hydroxylation is 1. The molecule has 2 aromatic carbocycles. The lowest BCUT2D eigenvalue weighted by Gasteiger charge is -2.33. The van der Waals surface area contributed by atoms with Crippen LogP contribution in [0.5, 0.6) is 5.75 Å². The highest BCUT2D eigenvalue weighted by Gasteiger charge is 2.30. The summed E-state index contributed by atoms with van der Waals surface area (Å²) in [5.41, 5.74) is 3.17. The number of amides is 1. The third-order valence-electron chi connectivity index (χ3n) is 5.75. The summed E-state index contributed by atoms with van der Waals surface area (Å²) in [6.07, 6.45) is 3.22. The molecule has 30 heavy (non-hydrogen) atoms. The summed E-state index contributed by atoms with van der Waals surface area (Å²) in [5, 5.41) is 3.67. The van der Waals surface area contributed by atoms with Crippen LogP contribution in [0, 0.1) is 11.3 Å². The zero-order valence-electron chi connectivity index (χ0n) is 17.8. The molecule has 4 nitrogen and oxygen atoms in total. The number of nitrogens with one attached hydrogen (secondary N) is 1. The first kappa shape index (κ1) is 20.6. The van der Waals surface area contributed by atoms with Crippen LogP contribution >= 0.6 is 11.3 Å². The average molecular weight is 421 g/mol. The normalized spacial score (nSPS) is 16.0. The molecule has 1 heterocycles. The number of carbonyl (C=O) groups is 1. The molecule has 1 aromatic heterocycles. The fraction of sp³-hybridized carbons (Fsp3) is 0.360. The van der Waals surface area contributed by atoms with E-state index in [0.29, 0.717) is 28.6 Å². The highest BCUT2D eigenvalue weighted by atomic mass is 32.1. The molecule has 0 spiro atoms. The van der Waals surface area contributed by atoms with E-state index in [9.17, 15) is 4.79 Å². The Kier molecular flexibility index (Phi) is 5.91. The quantitative estimate of drug-likeness (QED) is 0.540. The van der Waals surface area contributed by atoms with Gasteiger partial charge in [-0.15, -0.1) is 11.3 Å². The molecular weight excluding hydrogens is 392 g/mol. The molecule has 4 rings (SSSR count). The SMILES string of the molecule is CC(C)(C)C1CCc2nc(NC(=O)c3ccc(OCc4ccccc4)cc3)sc2C1. The van der Waals surface area contributed by atoms with Crippen molar-refractivity contribution in [2.75, 3.05) is 5.32 Å². The van der Waals surface area contributed by atoms with E-state index in [1.165, 1.54) is 4.88 Å². The van der Waals surface area contributed by atoms with Gasteiger partial charge in [0.15, 0.2) is 5.13 Å². The van der Waals surface area contributed by atoms with Gasteiger partial charge in [-0.05, 0) is 60.4 Å². The molecule has 0 saturated carbocycles. The summed E-state index contributed by atoms with van der Waals surface area (Å²) >= 11 is 1.62. The van der Waals surface area contributed by atoms with Crippen LogP contribution in [0.25, 0.3) is 0 Å². The Morgan fingerprint density at radius 1 is 1.13 bits per heavy atom. The van der Waals surface area contributed by atoms with Crippen molar-refractivity contribution in [2.45, 2.75) is 46.6 Å². The number of ether oxygens (including phenoxy) is 1. The Balaban J connectivity index is 1.36. The number of benzene rings is 2. The van der Waals surface area contributed by atoms with Crippen molar-refractivity contribution in [3.63, 3.8) is 0 Å². The smallest absolute Gasteiger partial charge is 0.257 e. The molecule has 0 fully saturated rings. The second-order valence-corrected chi connectivity index (χ2v) is 10.0. The molecule has 0 aliphatic heterocycles. The molecule has 0 radical (unpaired) electrons. The van der Waals surface area contributed by atoms with Crippen LogP contribution in [0.4, 0.5) is 5.13 Å². The number of fused-ring (bicyclic) bond motifs is 1. The standard InChI is InChI=1S/C25H28N2O2S/c1-25(2,3)19-11-14-21-22(15-19)30-24(26-21)27-23(28)18-9-12-20(13-10-18)29-16-17-7-5-4-6-8-17/h4-10,12-13,19H,11,14-16H2,1-3H3,(H,26,27,28). The first-order valence-electron chi connectivity index (χ1n) is 10.5. The van der Waals surface area contributed by atoms with Gasteiger partial charge in [0.05, 0.1) is 5.69 Å². The van der Waals surface area contributed by atoms with Gasteiger partial charge in [0, 0.05) is 10.4 Å². The van der Waals surface area contributed by atoms with Crippen molar-refractivity contribution in [3.05, 3.63) is 76.3 Å². The fourth-order valence-electron chi connectivity index (χ4n) is 3.78. The fourth-order valence-corrected chi connectivity index (χ4v) is 4.86. The molecule has 1 amide bonds. The summed E-state index contributed by atoms with van der Waals surface area (Å²) < 4.78 is 5.80. The molecule has 0 saturated heterocycles. The first-order chi connectivity index (χ1) is 14.4. The van der Waals surface area contributed by atoms with E-state index < -0.39 is 0 Å². The van der Waals surface area contributed by atoms with E-state index in [1.54, 1.807) is 23.5 Å². The summed E-state index contributed by atoms with van der Waals surface area (Å²) in [4.78, 5) is 18.7. The minimum atomic E-state index is -0.136. The lowest BCUT2D eigenvalue weighted by molar-refractivity contribution is 0.102. The number of rotatable bonds is 5. The number of hydrogen-bond donors (Lipinski definition) is 1. The first-order valence-corrected chi connectivity index (χ1v) is 11.3. The van der Waals surface area contributed by atoms with Crippen molar-refractivity contribution in [1.82, 2.24) is 4.98 Å². The van der Waals surface area contributed by atoms with Crippen molar-refractivity contribution < 1.29 is 9.53 Å². The largest absolute Gasteiger partial charge is 0.489 e. The highest BCUT2D eigenvalue weighted by Crippen LogP contribution is 2.40. The van der Waals surface area contributed by atoms with Gasteiger partial charge >= 0.3 is 0 Å². The van der Waals surface area contributed by atoms with E-state index in [2.05, 4.69) is 31.1 Å². The maximum Gasteiger partial charge on any atom is 0.257 e. The summed E-state index contributed by atoms with van der Waals surface area (Å²) in [6, 6.07) is 17.3. The molecule has 156 valence electrons. The Hall–Kier alpha value is -2.66. The van der Waals surface area contributed by atoms with Crippen LogP contribution in [0.15, 0.2) is 54.6 Å². The minimum absolute atomic E-state index is 0.136. The van der Waals surface area contributed by atoms with E-state index in [4.69, 9.17) is 4.74 Å². The molecule has 1 unspecified atom stereocenters. The summed E-state index contributed by atoms with van der Waals surface area (Å²) in [7, 11) is 0. The van der Waals surface area contributed by atoms with Gasteiger partial charge in [-0.1, -0.05) is 51.1 Å². The molecule has 3 aromatic rings. The van der Waals surface area contributed by atoms with Crippen molar-refractivity contribution in [1.29, 1.82) is 0 Å². The Bertz CT molecular complexity index is 1000. The van der Waals surface area contributed by atoms with Crippen LogP contribution in [-0.4, -0.2) is 10.9 Å². The number of anilines is 1. The van der Waals surface area contributed by atoms with Crippen molar-refractivity contribution >= 4 is 22.4 Å². The lowest BCUT2D eigenvalue weighted by Crippen LogP contribution is -2.26. The Morgan fingerprint density at radius 2 is 1.87 bits per heavy atom. The molecule has 0 bridgehead atoms. The molecule has 1 N–H and O–H groups in total. The average Bonchev–Trinajstić information content (AvgIpc) is 3.14. The molecule has 5 heteroatoms. The minimum Gasteiger partial charge on any atom is -0.489 e. The summed E-state index contributed by atoms with van der Waals surface area (Å²) in [5.74, 6) is 1.27. The van der Waals surface area contributed by atoms with E-state index in [1.807, 2.05) is 42.5 Å². The third kappa shape index (κ3) is 4.90. The number of nitrogens with zero attached hydrogens (tertiary/aromatic N) is 1. The number of thiazole rings is 1. The Labute approximate surface area is 182 Å². The summed E-state index contributed by atoms with van der Waals surface area (Å²) in [6.45, 7) is 7.42. The van der Waals surface area contributed by atoms with Crippen LogP contribution in [0.3, 0.4) is 0 Å². The zero-order valence-corrected chi connectivity index (χ0v) is 18.6. The third-order valence-corrected chi connectivity index (χ3v) is 6.79. The predicted molar refractivity (Wildman–Crippen MR) is 122 cm³/mol. The van der Waals surface area contributed by atoms with Gasteiger partial charge in [-0.2, -0.15) is 0 Å². The van der Waals surface area contributed by atoms with Crippen molar-refractivity contribution in [3.8, 4) is 5.75 Å². The van der Waals surface area contributed by atoms with Gasteiger partial charge in [-0.3, -0.25) is 10.1 Å². The van der Waals surface area contributed by atoms with Gasteiger partial charge in [-0.25, -0.2) is 4.98 Å². The highest BCUT2D eigenvalue weighted by molar-refractivity contribution is 7.15. The second kappa shape index (κ2) is 8.60. The van der Waals surface area contributed by atoms with Crippen molar-refractivity contribution in [2.24, 2.45) is 11.3 Å². The lowest BCUT2D eigenvalue weighted by atomic mass is 9.73. The van der Waals surface area contributed by atoms with Crippen LogP contribution < -0.4 is 10.1 Å². The molecule has 1 aliphatic rings. The number of aromatic nitrogens is 1. The van der Waals surface area contributed by atoms with Gasteiger partial charge in [0.1, 0.15) is 12.4 Å². The Morgan fingerprint density at radius 3 is 2.57 bits per heavy atom. The molecule has 1 aliphatic carbocycles. The molecular formula is C25H28N2O2S. The van der Waals surface area contributed by atoms with Gasteiger partial charge in [0.25, 0.3) is 5.91 Å². The van der Waals surface area contributed by atoms with E-state index in [-0.39, 0.29) is 5.91 Å². The molecule has 1 atom stereocenters. The predicted octanol–water partition coefficient (Wildman–Crippen LogP) is 6.13. The van der Waals surface area contributed by atoms with Crippen LogP contribution in [0.1, 0.15) is 53.7 Å². The number of hydrogen-bond acceptors (Lipinski definition) is 4. The van der Waals surface area contributed by atoms with E-state index >= 15 is 0 Å². The second-order valence-electron chi connectivity index (χ2n) is 8.95. The topological polar surface area (TPSA) is 51.2 Å². The van der Waals surface area contributed by atoms with Crippen LogP contribution in [-0.2, 0) is 19.4 Å². The number of carbonyl (C=O) groups excluding carboxylic acids is 1. The zero-order chi connectivity index (χ0) is 21.1. The maximum atomic E-state index is 12.7. The van der Waals surface area contributed by atoms with E-state index in [0.717, 1.165) is 36.3 Å². The van der Waals surface area contributed by atoms with Gasteiger partial charge in [0.2, 0.25) is 0 Å². The maximum absolute atomic E-state index is 12.7. The monoisotopic (exact) mass is 420 g/mol. The van der Waals surface area contributed by atoms with Gasteiger partial charge < -0.3 is 4.74 Å².